The second kappa shape index (κ2) is 6.37. The highest BCUT2D eigenvalue weighted by molar-refractivity contribution is 7.13. The first-order valence-corrected chi connectivity index (χ1v) is 7.03. The SMILES string of the molecule is CN1CC[C@@H](Oc2cncc(-c3cccs3)c2)C1.Cl. The molecule has 3 nitrogen and oxygen atoms in total. The molecular weight excluding hydrogens is 280 g/mol. The fraction of sp³-hybridized carbons (Fsp3) is 0.357. The van der Waals surface area contributed by atoms with Gasteiger partial charge in [-0.25, -0.2) is 0 Å². The first-order chi connectivity index (χ1) is 8.81. The molecule has 2 aromatic rings. The minimum atomic E-state index is 0. The molecule has 1 fully saturated rings. The molecule has 3 rings (SSSR count). The van der Waals surface area contributed by atoms with Crippen molar-refractivity contribution in [3.63, 3.8) is 0 Å². The van der Waals surface area contributed by atoms with Gasteiger partial charge in [0.05, 0.1) is 6.20 Å². The van der Waals surface area contributed by atoms with Gasteiger partial charge in [-0.3, -0.25) is 4.98 Å². The fourth-order valence-electron chi connectivity index (χ4n) is 2.24. The van der Waals surface area contributed by atoms with Gasteiger partial charge in [-0.05, 0) is 31.0 Å². The molecule has 0 aromatic carbocycles. The van der Waals surface area contributed by atoms with E-state index in [4.69, 9.17) is 4.74 Å². The molecule has 2 aromatic heterocycles. The number of rotatable bonds is 3. The predicted octanol–water partition coefficient (Wildman–Crippen LogP) is 3.31. The molecular formula is C14H17ClN2OS. The van der Waals surface area contributed by atoms with Crippen LogP contribution in [-0.2, 0) is 0 Å². The van der Waals surface area contributed by atoms with Gasteiger partial charge in [0.1, 0.15) is 11.9 Å². The monoisotopic (exact) mass is 296 g/mol. The van der Waals surface area contributed by atoms with Gasteiger partial charge in [0.25, 0.3) is 0 Å². The molecule has 0 amide bonds. The Bertz CT molecular complexity index is 518. The van der Waals surface area contributed by atoms with Crippen LogP contribution in [0.4, 0.5) is 0 Å². The lowest BCUT2D eigenvalue weighted by atomic mass is 10.2. The maximum Gasteiger partial charge on any atom is 0.138 e. The summed E-state index contributed by atoms with van der Waals surface area (Å²) < 4.78 is 5.98. The molecule has 1 aliphatic rings. The van der Waals surface area contributed by atoms with Crippen molar-refractivity contribution in [1.29, 1.82) is 0 Å². The van der Waals surface area contributed by atoms with Crippen LogP contribution in [0.5, 0.6) is 5.75 Å². The third-order valence-corrected chi connectivity index (χ3v) is 4.09. The highest BCUT2D eigenvalue weighted by atomic mass is 35.5. The van der Waals surface area contributed by atoms with Crippen molar-refractivity contribution in [3.8, 4) is 16.2 Å². The molecule has 3 heterocycles. The van der Waals surface area contributed by atoms with Gasteiger partial charge in [0.15, 0.2) is 0 Å². The number of nitrogens with zero attached hydrogens (tertiary/aromatic N) is 2. The van der Waals surface area contributed by atoms with Crippen LogP contribution in [0.1, 0.15) is 6.42 Å². The fourth-order valence-corrected chi connectivity index (χ4v) is 2.95. The van der Waals surface area contributed by atoms with Crippen molar-refractivity contribution < 1.29 is 4.74 Å². The van der Waals surface area contributed by atoms with E-state index in [0.29, 0.717) is 6.10 Å². The molecule has 0 bridgehead atoms. The van der Waals surface area contributed by atoms with E-state index in [1.807, 2.05) is 6.20 Å². The maximum absolute atomic E-state index is 5.98. The molecule has 1 atom stereocenters. The van der Waals surface area contributed by atoms with Crippen LogP contribution in [-0.4, -0.2) is 36.1 Å². The van der Waals surface area contributed by atoms with Gasteiger partial charge in [-0.1, -0.05) is 6.07 Å². The number of thiophene rings is 1. The largest absolute Gasteiger partial charge is 0.487 e. The summed E-state index contributed by atoms with van der Waals surface area (Å²) >= 11 is 1.72. The second-order valence-corrected chi connectivity index (χ2v) is 5.63. The highest BCUT2D eigenvalue weighted by Gasteiger charge is 2.21. The van der Waals surface area contributed by atoms with Gasteiger partial charge in [0, 0.05) is 29.7 Å². The Labute approximate surface area is 123 Å². The van der Waals surface area contributed by atoms with Crippen LogP contribution < -0.4 is 4.74 Å². The van der Waals surface area contributed by atoms with Crippen LogP contribution in [0.15, 0.2) is 36.0 Å². The molecule has 102 valence electrons. The van der Waals surface area contributed by atoms with E-state index in [0.717, 1.165) is 30.8 Å². The lowest BCUT2D eigenvalue weighted by Crippen LogP contribution is -2.21. The Kier molecular flexibility index (Phi) is 4.80. The number of likely N-dealkylation sites (N-methyl/N-ethyl adjacent to an activating group) is 1. The Hall–Kier alpha value is -1.10. The Morgan fingerprint density at radius 1 is 1.42 bits per heavy atom. The summed E-state index contributed by atoms with van der Waals surface area (Å²) in [7, 11) is 2.13. The van der Waals surface area contributed by atoms with Crippen molar-refractivity contribution in [2.75, 3.05) is 20.1 Å². The zero-order valence-corrected chi connectivity index (χ0v) is 12.4. The first-order valence-electron chi connectivity index (χ1n) is 6.15. The second-order valence-electron chi connectivity index (χ2n) is 4.68. The van der Waals surface area contributed by atoms with Crippen molar-refractivity contribution >= 4 is 23.7 Å². The van der Waals surface area contributed by atoms with Crippen molar-refractivity contribution in [2.24, 2.45) is 0 Å². The normalized spacial score (nSPS) is 19.1. The van der Waals surface area contributed by atoms with Gasteiger partial charge in [0.2, 0.25) is 0 Å². The van der Waals surface area contributed by atoms with E-state index in [2.05, 4.69) is 40.5 Å². The third-order valence-electron chi connectivity index (χ3n) is 3.17. The average molecular weight is 297 g/mol. The Morgan fingerprint density at radius 3 is 3.00 bits per heavy atom. The minimum absolute atomic E-state index is 0. The standard InChI is InChI=1S/C14H16N2OS.ClH/c1-16-5-4-12(10-16)17-13-7-11(8-15-9-13)14-3-2-6-18-14;/h2-3,6-9,12H,4-5,10H2,1H3;1H/t12-;/m1./s1. The molecule has 0 radical (unpaired) electrons. The quantitative estimate of drug-likeness (QED) is 0.869. The lowest BCUT2D eigenvalue weighted by Gasteiger charge is -2.13. The van der Waals surface area contributed by atoms with E-state index >= 15 is 0 Å². The molecule has 0 N–H and O–H groups in total. The number of hydrogen-bond acceptors (Lipinski definition) is 4. The number of aromatic nitrogens is 1. The molecule has 0 spiro atoms. The summed E-state index contributed by atoms with van der Waals surface area (Å²) in [5, 5.41) is 2.08. The number of hydrogen-bond donors (Lipinski definition) is 0. The molecule has 0 unspecified atom stereocenters. The molecule has 1 saturated heterocycles. The number of pyridine rings is 1. The van der Waals surface area contributed by atoms with E-state index < -0.39 is 0 Å². The third kappa shape index (κ3) is 3.47. The molecule has 0 saturated carbocycles. The zero-order chi connectivity index (χ0) is 12.4. The number of ether oxygens (including phenoxy) is 1. The van der Waals surface area contributed by atoms with Crippen LogP contribution in [0.25, 0.3) is 10.4 Å². The topological polar surface area (TPSA) is 25.4 Å². The van der Waals surface area contributed by atoms with E-state index in [1.54, 1.807) is 17.5 Å². The lowest BCUT2D eigenvalue weighted by molar-refractivity contribution is 0.207. The highest BCUT2D eigenvalue weighted by Crippen LogP contribution is 2.27. The number of likely N-dealkylation sites (tertiary alicyclic amines) is 1. The van der Waals surface area contributed by atoms with E-state index in [1.165, 1.54) is 4.88 Å². The van der Waals surface area contributed by atoms with Gasteiger partial charge in [-0.15, -0.1) is 23.7 Å². The average Bonchev–Trinajstić information content (AvgIpc) is 3.01. The Morgan fingerprint density at radius 2 is 2.32 bits per heavy atom. The van der Waals surface area contributed by atoms with Crippen LogP contribution in [0.3, 0.4) is 0 Å². The Balaban J connectivity index is 0.00000133. The summed E-state index contributed by atoms with van der Waals surface area (Å²) in [6.07, 6.45) is 5.09. The summed E-state index contributed by atoms with van der Waals surface area (Å²) in [6, 6.07) is 6.24. The van der Waals surface area contributed by atoms with Crippen molar-refractivity contribution in [1.82, 2.24) is 9.88 Å². The minimum Gasteiger partial charge on any atom is -0.487 e. The first kappa shape index (κ1) is 14.3. The smallest absolute Gasteiger partial charge is 0.138 e. The van der Waals surface area contributed by atoms with Gasteiger partial charge < -0.3 is 9.64 Å². The summed E-state index contributed by atoms with van der Waals surface area (Å²) in [5.74, 6) is 0.876. The molecule has 1 aliphatic heterocycles. The molecule has 5 heteroatoms. The maximum atomic E-state index is 5.98. The number of halogens is 1. The van der Waals surface area contributed by atoms with Crippen LogP contribution in [0.2, 0.25) is 0 Å². The summed E-state index contributed by atoms with van der Waals surface area (Å²) in [5.41, 5.74) is 1.13. The van der Waals surface area contributed by atoms with Crippen molar-refractivity contribution in [2.45, 2.75) is 12.5 Å². The van der Waals surface area contributed by atoms with E-state index in [9.17, 15) is 0 Å². The molecule has 19 heavy (non-hydrogen) atoms. The van der Waals surface area contributed by atoms with Gasteiger partial charge >= 0.3 is 0 Å². The predicted molar refractivity (Wildman–Crippen MR) is 81.3 cm³/mol. The van der Waals surface area contributed by atoms with E-state index in [-0.39, 0.29) is 12.4 Å². The summed E-state index contributed by atoms with van der Waals surface area (Å²) in [4.78, 5) is 7.80. The van der Waals surface area contributed by atoms with Gasteiger partial charge in [-0.2, -0.15) is 0 Å². The van der Waals surface area contributed by atoms with Crippen LogP contribution >= 0.6 is 23.7 Å². The summed E-state index contributed by atoms with van der Waals surface area (Å²) in [6.45, 7) is 2.12. The van der Waals surface area contributed by atoms with Crippen molar-refractivity contribution in [3.05, 3.63) is 36.0 Å². The zero-order valence-electron chi connectivity index (χ0n) is 10.8. The molecule has 0 aliphatic carbocycles. The van der Waals surface area contributed by atoms with Crippen LogP contribution in [0, 0.1) is 0 Å².